The van der Waals surface area contributed by atoms with Gasteiger partial charge in [0.25, 0.3) is 5.56 Å². The summed E-state index contributed by atoms with van der Waals surface area (Å²) in [5.41, 5.74) is -0.175. The van der Waals surface area contributed by atoms with Crippen LogP contribution in [0.3, 0.4) is 0 Å². The van der Waals surface area contributed by atoms with Crippen molar-refractivity contribution in [1.82, 2.24) is 9.55 Å². The highest BCUT2D eigenvalue weighted by molar-refractivity contribution is 9.10. The lowest BCUT2D eigenvalue weighted by Gasteiger charge is -2.06. The van der Waals surface area contributed by atoms with Gasteiger partial charge in [0.2, 0.25) is 0 Å². The number of rotatable bonds is 2. The summed E-state index contributed by atoms with van der Waals surface area (Å²) < 4.78 is 1.76. The largest absolute Gasteiger partial charge is 0.392 e. The van der Waals surface area contributed by atoms with Gasteiger partial charge in [0.1, 0.15) is 4.47 Å². The van der Waals surface area contributed by atoms with Crippen LogP contribution in [0.25, 0.3) is 0 Å². The molecule has 0 radical (unpaired) electrons. The molecule has 1 aromatic heterocycles. The van der Waals surface area contributed by atoms with Crippen LogP contribution in [-0.4, -0.2) is 20.8 Å². The topological polar surface area (TPSA) is 55.1 Å². The molecule has 66 valence electrons. The van der Waals surface area contributed by atoms with Crippen LogP contribution in [-0.2, 0) is 6.54 Å². The summed E-state index contributed by atoms with van der Waals surface area (Å²) in [6.45, 7) is 1.89. The first kappa shape index (κ1) is 9.41. The Morgan fingerprint density at radius 3 is 3.08 bits per heavy atom. The van der Waals surface area contributed by atoms with Crippen molar-refractivity contribution in [1.29, 1.82) is 0 Å². The van der Waals surface area contributed by atoms with E-state index in [0.717, 1.165) is 0 Å². The lowest BCUT2D eigenvalue weighted by Crippen LogP contribution is -2.25. The molecule has 1 aromatic rings. The molecule has 1 heterocycles. The van der Waals surface area contributed by atoms with Gasteiger partial charge in [-0.05, 0) is 22.9 Å². The second-order valence-corrected chi connectivity index (χ2v) is 3.40. The first-order valence-corrected chi connectivity index (χ1v) is 4.28. The minimum Gasteiger partial charge on any atom is -0.392 e. The van der Waals surface area contributed by atoms with Gasteiger partial charge in [0, 0.05) is 6.20 Å². The third kappa shape index (κ3) is 2.15. The van der Waals surface area contributed by atoms with Gasteiger partial charge < -0.3 is 5.11 Å². The van der Waals surface area contributed by atoms with Crippen molar-refractivity contribution in [2.24, 2.45) is 0 Å². The van der Waals surface area contributed by atoms with Crippen LogP contribution in [0, 0.1) is 0 Å². The Morgan fingerprint density at radius 2 is 2.50 bits per heavy atom. The molecule has 0 saturated carbocycles. The summed E-state index contributed by atoms with van der Waals surface area (Å²) in [6.07, 6.45) is 2.29. The van der Waals surface area contributed by atoms with Crippen molar-refractivity contribution in [3.8, 4) is 0 Å². The molecule has 0 spiro atoms. The van der Waals surface area contributed by atoms with E-state index in [0.29, 0.717) is 4.47 Å². The number of aliphatic hydroxyl groups is 1. The molecule has 0 aliphatic rings. The molecule has 0 aliphatic carbocycles. The van der Waals surface area contributed by atoms with Crippen LogP contribution in [0.4, 0.5) is 0 Å². The minimum atomic E-state index is -0.543. The third-order valence-corrected chi connectivity index (χ3v) is 1.86. The van der Waals surface area contributed by atoms with Gasteiger partial charge in [-0.3, -0.25) is 9.36 Å². The Labute approximate surface area is 78.0 Å². The summed E-state index contributed by atoms with van der Waals surface area (Å²) in [6, 6.07) is 0. The fourth-order valence-electron chi connectivity index (χ4n) is 0.839. The quantitative estimate of drug-likeness (QED) is 0.803. The van der Waals surface area contributed by atoms with E-state index >= 15 is 0 Å². The monoisotopic (exact) mass is 232 g/mol. The highest BCUT2D eigenvalue weighted by Gasteiger charge is 2.02. The average Bonchev–Trinajstić information content (AvgIpc) is 1.98. The van der Waals surface area contributed by atoms with Crippen molar-refractivity contribution < 1.29 is 5.11 Å². The van der Waals surface area contributed by atoms with Crippen LogP contribution in [0.15, 0.2) is 21.8 Å². The van der Waals surface area contributed by atoms with Gasteiger partial charge in [-0.15, -0.1) is 0 Å². The minimum absolute atomic E-state index is 0.175. The maximum Gasteiger partial charge on any atom is 0.267 e. The maximum atomic E-state index is 11.3. The smallest absolute Gasteiger partial charge is 0.267 e. The molecule has 1 atom stereocenters. The molecule has 0 saturated heterocycles. The molecule has 1 unspecified atom stereocenters. The van der Waals surface area contributed by atoms with Gasteiger partial charge in [-0.2, -0.15) is 0 Å². The molecule has 12 heavy (non-hydrogen) atoms. The van der Waals surface area contributed by atoms with Gasteiger partial charge in [-0.1, -0.05) is 0 Å². The third-order valence-electron chi connectivity index (χ3n) is 1.32. The Kier molecular flexibility index (Phi) is 2.99. The number of nitrogens with zero attached hydrogens (tertiary/aromatic N) is 2. The van der Waals surface area contributed by atoms with E-state index in [4.69, 9.17) is 5.11 Å². The highest BCUT2D eigenvalue weighted by atomic mass is 79.9. The van der Waals surface area contributed by atoms with Gasteiger partial charge in [0.15, 0.2) is 0 Å². The van der Waals surface area contributed by atoms with E-state index in [2.05, 4.69) is 20.9 Å². The number of aromatic nitrogens is 2. The molecule has 0 fully saturated rings. The molecule has 0 amide bonds. The predicted octanol–water partition coefficient (Wildman–Crippen LogP) is 0.387. The molecule has 1 N–H and O–H groups in total. The first-order valence-electron chi connectivity index (χ1n) is 3.49. The zero-order valence-electron chi connectivity index (χ0n) is 6.57. The standard InChI is InChI=1S/C7H9BrN2O2/c1-5(11)3-10-4-9-2-6(8)7(10)12/h2,4-5,11H,3H2,1H3. The lowest BCUT2D eigenvalue weighted by molar-refractivity contribution is 0.171. The van der Waals surface area contributed by atoms with Crippen molar-refractivity contribution >= 4 is 15.9 Å². The van der Waals surface area contributed by atoms with E-state index < -0.39 is 6.10 Å². The normalized spacial score (nSPS) is 12.9. The Balaban J connectivity index is 3.01. The summed E-state index contributed by atoms with van der Waals surface area (Å²) in [4.78, 5) is 15.1. The van der Waals surface area contributed by atoms with Crippen molar-refractivity contribution in [2.75, 3.05) is 0 Å². The molecule has 1 rings (SSSR count). The maximum absolute atomic E-state index is 11.3. The number of hydrogen-bond donors (Lipinski definition) is 1. The Morgan fingerprint density at radius 1 is 1.83 bits per heavy atom. The average molecular weight is 233 g/mol. The van der Waals surface area contributed by atoms with E-state index in [-0.39, 0.29) is 12.1 Å². The number of halogens is 1. The molecule has 0 bridgehead atoms. The summed E-state index contributed by atoms with van der Waals surface area (Å²) >= 11 is 3.06. The summed E-state index contributed by atoms with van der Waals surface area (Å²) in [5.74, 6) is 0. The molecule has 0 aromatic carbocycles. The first-order chi connectivity index (χ1) is 5.61. The van der Waals surface area contributed by atoms with Crippen molar-refractivity contribution in [2.45, 2.75) is 19.6 Å². The van der Waals surface area contributed by atoms with E-state index in [1.165, 1.54) is 17.1 Å². The van der Waals surface area contributed by atoms with E-state index in [9.17, 15) is 4.79 Å². The number of aliphatic hydroxyl groups excluding tert-OH is 1. The van der Waals surface area contributed by atoms with Crippen LogP contribution in [0.1, 0.15) is 6.92 Å². The zero-order valence-corrected chi connectivity index (χ0v) is 8.15. The molecule has 4 nitrogen and oxygen atoms in total. The second-order valence-electron chi connectivity index (χ2n) is 2.55. The van der Waals surface area contributed by atoms with Gasteiger partial charge >= 0.3 is 0 Å². The van der Waals surface area contributed by atoms with Crippen LogP contribution in [0.2, 0.25) is 0 Å². The SMILES string of the molecule is CC(O)Cn1cncc(Br)c1=O. The predicted molar refractivity (Wildman–Crippen MR) is 47.9 cm³/mol. The van der Waals surface area contributed by atoms with Gasteiger partial charge in [-0.25, -0.2) is 4.98 Å². The molecule has 5 heteroatoms. The molecular weight excluding hydrogens is 224 g/mol. The fraction of sp³-hybridized carbons (Fsp3) is 0.429. The molecular formula is C7H9BrN2O2. The number of hydrogen-bond acceptors (Lipinski definition) is 3. The fourth-order valence-corrected chi connectivity index (χ4v) is 1.18. The lowest BCUT2D eigenvalue weighted by atomic mass is 10.4. The molecule has 0 aliphatic heterocycles. The summed E-state index contributed by atoms with van der Waals surface area (Å²) in [7, 11) is 0. The Bertz CT molecular complexity index is 321. The van der Waals surface area contributed by atoms with Crippen LogP contribution in [0.5, 0.6) is 0 Å². The van der Waals surface area contributed by atoms with Gasteiger partial charge in [0.05, 0.1) is 19.0 Å². The van der Waals surface area contributed by atoms with Crippen molar-refractivity contribution in [3.05, 3.63) is 27.4 Å². The van der Waals surface area contributed by atoms with Crippen molar-refractivity contribution in [3.63, 3.8) is 0 Å². The summed E-state index contributed by atoms with van der Waals surface area (Å²) in [5, 5.41) is 9.02. The van der Waals surface area contributed by atoms with Crippen LogP contribution >= 0.6 is 15.9 Å². The van der Waals surface area contributed by atoms with E-state index in [1.807, 2.05) is 0 Å². The van der Waals surface area contributed by atoms with Crippen LogP contribution < -0.4 is 5.56 Å². The highest BCUT2D eigenvalue weighted by Crippen LogP contribution is 1.98. The second kappa shape index (κ2) is 3.82. The Hall–Kier alpha value is -0.680. The zero-order chi connectivity index (χ0) is 9.14. The van der Waals surface area contributed by atoms with E-state index in [1.54, 1.807) is 6.92 Å².